The number of aromatic nitrogens is 2. The van der Waals surface area contributed by atoms with E-state index >= 15 is 0 Å². The van der Waals surface area contributed by atoms with Gasteiger partial charge in [0.1, 0.15) is 0 Å². The minimum absolute atomic E-state index is 0.00501. The Morgan fingerprint density at radius 2 is 2.17 bits per heavy atom. The lowest BCUT2D eigenvalue weighted by atomic mass is 10.1. The number of rotatable bonds is 6. The second-order valence-corrected chi connectivity index (χ2v) is 7.92. The Labute approximate surface area is 146 Å². The summed E-state index contributed by atoms with van der Waals surface area (Å²) in [5, 5.41) is 11.8. The molecule has 120 valence electrons. The number of hydrogen-bond acceptors (Lipinski definition) is 6. The van der Waals surface area contributed by atoms with Crippen molar-refractivity contribution >= 4 is 51.5 Å². The highest BCUT2D eigenvalue weighted by atomic mass is 35.5. The average Bonchev–Trinajstić information content (AvgIpc) is 3.29. The molecular weight excluding hydrogens is 354 g/mol. The van der Waals surface area contributed by atoms with Crippen molar-refractivity contribution in [3.8, 4) is 0 Å². The number of amides is 1. The maximum absolute atomic E-state index is 12.2. The number of nitrogens with zero attached hydrogens (tertiary/aromatic N) is 2. The van der Waals surface area contributed by atoms with Gasteiger partial charge in [0.15, 0.2) is 10.1 Å². The lowest BCUT2D eigenvalue weighted by Crippen LogP contribution is -2.12. The molecule has 0 bridgehead atoms. The summed E-state index contributed by atoms with van der Waals surface area (Å²) in [7, 11) is 0. The van der Waals surface area contributed by atoms with Crippen molar-refractivity contribution < 1.29 is 9.59 Å². The van der Waals surface area contributed by atoms with Gasteiger partial charge >= 0.3 is 0 Å². The molecule has 0 atom stereocenters. The Morgan fingerprint density at radius 3 is 2.87 bits per heavy atom. The van der Waals surface area contributed by atoms with Crippen LogP contribution in [0.2, 0.25) is 5.02 Å². The summed E-state index contributed by atoms with van der Waals surface area (Å²) >= 11 is 8.56. The third kappa shape index (κ3) is 4.31. The van der Waals surface area contributed by atoms with E-state index in [-0.39, 0.29) is 23.4 Å². The molecule has 1 aliphatic carbocycles. The summed E-state index contributed by atoms with van der Waals surface area (Å²) in [6.07, 6.45) is 1.89. The molecule has 1 saturated carbocycles. The fraction of sp³-hybridized carbons (Fsp3) is 0.333. The number of carbonyl (C=O) groups excluding carboxylic acids is 2. The van der Waals surface area contributed by atoms with Crippen molar-refractivity contribution in [1.82, 2.24) is 10.2 Å². The van der Waals surface area contributed by atoms with Gasteiger partial charge in [0.2, 0.25) is 11.0 Å². The summed E-state index contributed by atoms with van der Waals surface area (Å²) in [6.45, 7) is 1.87. The zero-order valence-corrected chi connectivity index (χ0v) is 14.7. The number of thioether (sulfide) groups is 1. The van der Waals surface area contributed by atoms with Gasteiger partial charge in [-0.3, -0.25) is 9.59 Å². The fourth-order valence-electron chi connectivity index (χ4n) is 1.90. The molecule has 1 fully saturated rings. The van der Waals surface area contributed by atoms with Crippen LogP contribution in [0.5, 0.6) is 0 Å². The van der Waals surface area contributed by atoms with E-state index in [9.17, 15) is 9.59 Å². The molecule has 1 N–H and O–H groups in total. The number of nitrogens with one attached hydrogen (secondary N) is 1. The first-order chi connectivity index (χ1) is 11.0. The molecule has 0 radical (unpaired) electrons. The minimum Gasteiger partial charge on any atom is -0.300 e. The van der Waals surface area contributed by atoms with Gasteiger partial charge in [0.05, 0.1) is 5.75 Å². The van der Waals surface area contributed by atoms with E-state index in [2.05, 4.69) is 15.5 Å². The number of Topliss-reactive ketones (excluding diaryl/α,β-unsaturated/α-hetero) is 1. The Morgan fingerprint density at radius 1 is 1.39 bits per heavy atom. The topological polar surface area (TPSA) is 72.0 Å². The van der Waals surface area contributed by atoms with Crippen LogP contribution in [-0.2, 0) is 4.79 Å². The van der Waals surface area contributed by atoms with Crippen LogP contribution in [0.1, 0.15) is 28.8 Å². The van der Waals surface area contributed by atoms with Gasteiger partial charge < -0.3 is 5.32 Å². The second-order valence-electron chi connectivity index (χ2n) is 5.31. The van der Waals surface area contributed by atoms with E-state index in [1.807, 2.05) is 6.92 Å². The van der Waals surface area contributed by atoms with Crippen molar-refractivity contribution in [2.75, 3.05) is 11.1 Å². The van der Waals surface area contributed by atoms with Gasteiger partial charge in [-0.2, -0.15) is 0 Å². The van der Waals surface area contributed by atoms with Gasteiger partial charge in [-0.25, -0.2) is 0 Å². The summed E-state index contributed by atoms with van der Waals surface area (Å²) in [4.78, 5) is 23.8. The zero-order chi connectivity index (χ0) is 16.4. The van der Waals surface area contributed by atoms with Gasteiger partial charge in [-0.1, -0.05) is 34.7 Å². The molecule has 0 spiro atoms. The molecule has 5 nitrogen and oxygen atoms in total. The van der Waals surface area contributed by atoms with Crippen LogP contribution in [0.15, 0.2) is 22.5 Å². The molecular formula is C15H14ClN3O2S2. The quantitative estimate of drug-likeness (QED) is 0.477. The number of aryl methyl sites for hydroxylation is 1. The van der Waals surface area contributed by atoms with Crippen molar-refractivity contribution in [3.05, 3.63) is 34.3 Å². The normalized spacial score (nSPS) is 13.8. The molecule has 1 aromatic carbocycles. The third-order valence-electron chi connectivity index (χ3n) is 3.39. The second kappa shape index (κ2) is 6.98. The van der Waals surface area contributed by atoms with E-state index in [1.165, 1.54) is 23.1 Å². The van der Waals surface area contributed by atoms with Crippen molar-refractivity contribution in [2.45, 2.75) is 24.1 Å². The Bertz CT molecular complexity index is 759. The van der Waals surface area contributed by atoms with Crippen LogP contribution in [0, 0.1) is 12.8 Å². The largest absolute Gasteiger partial charge is 0.300 e. The maximum Gasteiger partial charge on any atom is 0.229 e. The van der Waals surface area contributed by atoms with E-state index in [1.54, 1.807) is 18.2 Å². The van der Waals surface area contributed by atoms with Crippen LogP contribution in [0.4, 0.5) is 5.13 Å². The van der Waals surface area contributed by atoms with Crippen molar-refractivity contribution in [3.63, 3.8) is 0 Å². The molecule has 2 aromatic rings. The molecule has 3 rings (SSSR count). The van der Waals surface area contributed by atoms with Crippen LogP contribution in [0.25, 0.3) is 0 Å². The highest BCUT2D eigenvalue weighted by Crippen LogP contribution is 2.32. The summed E-state index contributed by atoms with van der Waals surface area (Å²) in [5.41, 5.74) is 1.51. The summed E-state index contributed by atoms with van der Waals surface area (Å²) < 4.78 is 0.662. The molecule has 1 aromatic heterocycles. The number of hydrogen-bond donors (Lipinski definition) is 1. The number of anilines is 1. The molecule has 1 amide bonds. The molecule has 1 aliphatic rings. The molecule has 8 heteroatoms. The SMILES string of the molecule is Cc1cc(C(=O)CSc2nnc(NC(=O)C3CC3)s2)ccc1Cl. The zero-order valence-electron chi connectivity index (χ0n) is 12.3. The van der Waals surface area contributed by atoms with Crippen LogP contribution >= 0.6 is 34.7 Å². The van der Waals surface area contributed by atoms with E-state index in [4.69, 9.17) is 11.6 Å². The number of halogens is 1. The fourth-order valence-corrected chi connectivity index (χ4v) is 3.67. The first-order valence-corrected chi connectivity index (χ1v) is 9.27. The standard InChI is InChI=1S/C15H14ClN3O2S2/c1-8-6-10(4-5-11(8)16)12(20)7-22-15-19-18-14(23-15)17-13(21)9-2-3-9/h4-6,9H,2-3,7H2,1H3,(H,17,18,21). The monoisotopic (exact) mass is 367 g/mol. The Hall–Kier alpha value is -1.44. The third-order valence-corrected chi connectivity index (χ3v) is 5.79. The molecule has 1 heterocycles. The smallest absolute Gasteiger partial charge is 0.229 e. The minimum atomic E-state index is 0.00501. The van der Waals surface area contributed by atoms with Crippen LogP contribution in [0.3, 0.4) is 0 Å². The van der Waals surface area contributed by atoms with Crippen molar-refractivity contribution in [1.29, 1.82) is 0 Å². The van der Waals surface area contributed by atoms with E-state index < -0.39 is 0 Å². The summed E-state index contributed by atoms with van der Waals surface area (Å²) in [5.74, 6) is 0.412. The lowest BCUT2D eigenvalue weighted by Gasteiger charge is -2.02. The average molecular weight is 368 g/mol. The lowest BCUT2D eigenvalue weighted by molar-refractivity contribution is -0.117. The highest BCUT2D eigenvalue weighted by Gasteiger charge is 2.30. The van der Waals surface area contributed by atoms with Gasteiger partial charge in [0.25, 0.3) is 0 Å². The predicted octanol–water partition coefficient (Wildman–Crippen LogP) is 3.82. The van der Waals surface area contributed by atoms with Gasteiger partial charge in [-0.15, -0.1) is 10.2 Å². The van der Waals surface area contributed by atoms with E-state index in [0.717, 1.165) is 18.4 Å². The molecule has 0 aliphatic heterocycles. The van der Waals surface area contributed by atoms with E-state index in [0.29, 0.717) is 20.1 Å². The number of benzene rings is 1. The van der Waals surface area contributed by atoms with Crippen molar-refractivity contribution in [2.24, 2.45) is 5.92 Å². The maximum atomic E-state index is 12.2. The highest BCUT2D eigenvalue weighted by molar-refractivity contribution is 8.01. The van der Waals surface area contributed by atoms with Gasteiger partial charge in [0, 0.05) is 16.5 Å². The first kappa shape index (κ1) is 16.4. The number of carbonyl (C=O) groups is 2. The van der Waals surface area contributed by atoms with Gasteiger partial charge in [-0.05, 0) is 43.5 Å². The summed E-state index contributed by atoms with van der Waals surface area (Å²) in [6, 6.07) is 5.23. The Balaban J connectivity index is 1.55. The van der Waals surface area contributed by atoms with Crippen LogP contribution < -0.4 is 5.32 Å². The molecule has 0 saturated heterocycles. The Kier molecular flexibility index (Phi) is 4.99. The molecule has 0 unspecified atom stereocenters. The predicted molar refractivity (Wildman–Crippen MR) is 92.5 cm³/mol. The number of ketones is 1. The first-order valence-electron chi connectivity index (χ1n) is 7.09. The molecule has 23 heavy (non-hydrogen) atoms. The van der Waals surface area contributed by atoms with Crippen LogP contribution in [-0.4, -0.2) is 27.6 Å².